The van der Waals surface area contributed by atoms with Gasteiger partial charge in [0.2, 0.25) is 0 Å². The molecule has 33 heavy (non-hydrogen) atoms. The third-order valence-electron chi connectivity index (χ3n) is 6.12. The van der Waals surface area contributed by atoms with Crippen LogP contribution in [-0.4, -0.2) is 34.6 Å². The van der Waals surface area contributed by atoms with Crippen molar-refractivity contribution in [2.45, 2.75) is 32.8 Å². The fourth-order valence-corrected chi connectivity index (χ4v) is 4.25. The molecule has 0 saturated carbocycles. The molecule has 1 aromatic heterocycles. The number of rotatable bonds is 9. The van der Waals surface area contributed by atoms with Crippen molar-refractivity contribution < 1.29 is 5.11 Å². The minimum atomic E-state index is -0.588. The van der Waals surface area contributed by atoms with Crippen LogP contribution in [0.2, 0.25) is 5.02 Å². The summed E-state index contributed by atoms with van der Waals surface area (Å²) in [5, 5.41) is 14.3. The number of benzene rings is 3. The summed E-state index contributed by atoms with van der Waals surface area (Å²) in [6.45, 7) is 6.87. The average molecular weight is 459 g/mol. The fourth-order valence-electron chi connectivity index (χ4n) is 4.12. The Balaban J connectivity index is 1.75. The highest BCUT2D eigenvalue weighted by Crippen LogP contribution is 2.30. The third-order valence-corrected chi connectivity index (χ3v) is 6.38. The van der Waals surface area contributed by atoms with E-state index < -0.39 is 6.10 Å². The standard InChI is InChI=1S/C29H31ClN2O/c1-3-5-16-32(4-2)20-29(33)25-18-27(22-12-14-26(30)15-13-22)31-28(19-25)24-11-10-21-8-6-7-9-23(21)17-24/h6-15,17-19,29,33H,3-5,16,20H2,1-2H3. The summed E-state index contributed by atoms with van der Waals surface area (Å²) < 4.78 is 0. The predicted octanol–water partition coefficient (Wildman–Crippen LogP) is 7.38. The van der Waals surface area contributed by atoms with E-state index in [4.69, 9.17) is 16.6 Å². The highest BCUT2D eigenvalue weighted by molar-refractivity contribution is 6.30. The molecule has 1 N–H and O–H groups in total. The molecular formula is C29H31ClN2O. The van der Waals surface area contributed by atoms with Crippen LogP contribution in [0, 0.1) is 0 Å². The maximum absolute atomic E-state index is 11.2. The van der Waals surface area contributed by atoms with Crippen molar-refractivity contribution in [2.75, 3.05) is 19.6 Å². The maximum Gasteiger partial charge on any atom is 0.0918 e. The summed E-state index contributed by atoms with van der Waals surface area (Å²) in [4.78, 5) is 7.29. The molecule has 0 amide bonds. The summed E-state index contributed by atoms with van der Waals surface area (Å²) in [5.74, 6) is 0. The average Bonchev–Trinajstić information content (AvgIpc) is 2.86. The minimum absolute atomic E-state index is 0.588. The molecule has 4 aromatic rings. The second-order valence-corrected chi connectivity index (χ2v) is 8.94. The van der Waals surface area contributed by atoms with E-state index >= 15 is 0 Å². The van der Waals surface area contributed by atoms with Gasteiger partial charge < -0.3 is 10.0 Å². The molecular weight excluding hydrogens is 428 g/mol. The number of unbranched alkanes of at least 4 members (excludes halogenated alkanes) is 1. The Morgan fingerprint density at radius 2 is 1.52 bits per heavy atom. The molecule has 0 aliphatic heterocycles. The van der Waals surface area contributed by atoms with Crippen LogP contribution in [0.3, 0.4) is 0 Å². The van der Waals surface area contributed by atoms with Gasteiger partial charge in [0.05, 0.1) is 17.5 Å². The van der Waals surface area contributed by atoms with Crippen molar-refractivity contribution in [3.63, 3.8) is 0 Å². The first-order valence-corrected chi connectivity index (χ1v) is 12.1. The van der Waals surface area contributed by atoms with E-state index in [-0.39, 0.29) is 0 Å². The first-order valence-electron chi connectivity index (χ1n) is 11.7. The van der Waals surface area contributed by atoms with E-state index in [2.05, 4.69) is 55.1 Å². The van der Waals surface area contributed by atoms with Gasteiger partial charge >= 0.3 is 0 Å². The van der Waals surface area contributed by atoms with E-state index in [1.165, 1.54) is 10.8 Å². The minimum Gasteiger partial charge on any atom is -0.387 e. The number of aliphatic hydroxyl groups excluding tert-OH is 1. The Morgan fingerprint density at radius 3 is 2.21 bits per heavy atom. The molecule has 1 heterocycles. The van der Waals surface area contributed by atoms with Gasteiger partial charge in [-0.1, -0.05) is 80.4 Å². The van der Waals surface area contributed by atoms with Crippen molar-refractivity contribution >= 4 is 22.4 Å². The van der Waals surface area contributed by atoms with Gasteiger partial charge in [-0.3, -0.25) is 0 Å². The lowest BCUT2D eigenvalue weighted by atomic mass is 9.99. The lowest BCUT2D eigenvalue weighted by Crippen LogP contribution is -2.29. The van der Waals surface area contributed by atoms with Crippen LogP contribution in [-0.2, 0) is 0 Å². The number of likely N-dealkylation sites (N-methyl/N-ethyl adjacent to an activating group) is 1. The number of fused-ring (bicyclic) bond motifs is 1. The highest BCUT2D eigenvalue weighted by atomic mass is 35.5. The SMILES string of the molecule is CCCCN(CC)CC(O)c1cc(-c2ccc(Cl)cc2)nc(-c2ccc3ccccc3c2)c1. The summed E-state index contributed by atoms with van der Waals surface area (Å²) >= 11 is 6.11. The van der Waals surface area contributed by atoms with Crippen molar-refractivity contribution in [2.24, 2.45) is 0 Å². The Kier molecular flexibility index (Phi) is 7.77. The molecule has 0 radical (unpaired) electrons. The van der Waals surface area contributed by atoms with Crippen LogP contribution in [0.15, 0.2) is 78.9 Å². The smallest absolute Gasteiger partial charge is 0.0918 e. The lowest BCUT2D eigenvalue weighted by molar-refractivity contribution is 0.115. The second-order valence-electron chi connectivity index (χ2n) is 8.50. The molecule has 4 rings (SSSR count). The number of pyridine rings is 1. The predicted molar refractivity (Wildman–Crippen MR) is 140 cm³/mol. The Hall–Kier alpha value is -2.72. The quantitative estimate of drug-likeness (QED) is 0.284. The summed E-state index contributed by atoms with van der Waals surface area (Å²) in [5.41, 5.74) is 4.60. The van der Waals surface area contributed by atoms with Gasteiger partial charge in [-0.15, -0.1) is 0 Å². The Bertz CT molecular complexity index is 1210. The molecule has 3 nitrogen and oxygen atoms in total. The van der Waals surface area contributed by atoms with Gasteiger partial charge in [0.15, 0.2) is 0 Å². The normalized spacial score (nSPS) is 12.4. The number of halogens is 1. The molecule has 1 atom stereocenters. The first-order chi connectivity index (χ1) is 16.1. The van der Waals surface area contributed by atoms with Gasteiger partial charge in [-0.2, -0.15) is 0 Å². The lowest BCUT2D eigenvalue weighted by Gasteiger charge is -2.24. The molecule has 0 saturated heterocycles. The number of hydrogen-bond acceptors (Lipinski definition) is 3. The number of aromatic nitrogens is 1. The van der Waals surface area contributed by atoms with E-state index in [0.29, 0.717) is 11.6 Å². The van der Waals surface area contributed by atoms with Gasteiger partial charge in [-0.05, 0) is 66.2 Å². The van der Waals surface area contributed by atoms with Crippen LogP contribution in [0.5, 0.6) is 0 Å². The van der Waals surface area contributed by atoms with E-state index in [1.54, 1.807) is 0 Å². The zero-order chi connectivity index (χ0) is 23.2. The van der Waals surface area contributed by atoms with Crippen LogP contribution in [0.1, 0.15) is 38.4 Å². The topological polar surface area (TPSA) is 36.4 Å². The van der Waals surface area contributed by atoms with Crippen molar-refractivity contribution in [3.8, 4) is 22.5 Å². The second kappa shape index (κ2) is 10.9. The van der Waals surface area contributed by atoms with Crippen molar-refractivity contribution in [1.82, 2.24) is 9.88 Å². The third kappa shape index (κ3) is 5.80. The zero-order valence-corrected chi connectivity index (χ0v) is 20.1. The van der Waals surface area contributed by atoms with Gasteiger partial charge in [0.25, 0.3) is 0 Å². The van der Waals surface area contributed by atoms with Gasteiger partial charge in [0, 0.05) is 22.7 Å². The number of nitrogens with zero attached hydrogens (tertiary/aromatic N) is 2. The van der Waals surface area contributed by atoms with Crippen LogP contribution < -0.4 is 0 Å². The zero-order valence-electron chi connectivity index (χ0n) is 19.3. The molecule has 0 aliphatic carbocycles. The van der Waals surface area contributed by atoms with Gasteiger partial charge in [0.1, 0.15) is 0 Å². The van der Waals surface area contributed by atoms with E-state index in [9.17, 15) is 5.11 Å². The fraction of sp³-hybridized carbons (Fsp3) is 0.276. The summed E-state index contributed by atoms with van der Waals surface area (Å²) in [7, 11) is 0. The largest absolute Gasteiger partial charge is 0.387 e. The Labute approximate surface area is 201 Å². The summed E-state index contributed by atoms with van der Waals surface area (Å²) in [6.07, 6.45) is 1.69. The molecule has 0 fully saturated rings. The van der Waals surface area contributed by atoms with Gasteiger partial charge in [-0.25, -0.2) is 4.98 Å². The molecule has 170 valence electrons. The van der Waals surface area contributed by atoms with Crippen LogP contribution >= 0.6 is 11.6 Å². The molecule has 0 bridgehead atoms. The molecule has 0 aliphatic rings. The first kappa shape index (κ1) is 23.4. The molecule has 4 heteroatoms. The highest BCUT2D eigenvalue weighted by Gasteiger charge is 2.16. The Morgan fingerprint density at radius 1 is 0.848 bits per heavy atom. The van der Waals surface area contributed by atoms with E-state index in [1.807, 2.05) is 42.5 Å². The number of aliphatic hydroxyl groups is 1. The molecule has 3 aromatic carbocycles. The maximum atomic E-state index is 11.2. The molecule has 1 unspecified atom stereocenters. The van der Waals surface area contributed by atoms with E-state index in [0.717, 1.165) is 54.0 Å². The number of hydrogen-bond donors (Lipinski definition) is 1. The summed E-state index contributed by atoms with van der Waals surface area (Å²) in [6, 6.07) is 26.5. The molecule has 0 spiro atoms. The van der Waals surface area contributed by atoms with Crippen LogP contribution in [0.4, 0.5) is 0 Å². The monoisotopic (exact) mass is 458 g/mol. The van der Waals surface area contributed by atoms with Crippen molar-refractivity contribution in [3.05, 3.63) is 89.4 Å². The van der Waals surface area contributed by atoms with Crippen LogP contribution in [0.25, 0.3) is 33.3 Å². The van der Waals surface area contributed by atoms with Crippen molar-refractivity contribution in [1.29, 1.82) is 0 Å².